The van der Waals surface area contributed by atoms with Crippen molar-refractivity contribution in [2.24, 2.45) is 5.73 Å². The summed E-state index contributed by atoms with van der Waals surface area (Å²) in [5.74, 6) is -2.42. The Bertz CT molecular complexity index is 1110. The van der Waals surface area contributed by atoms with Crippen molar-refractivity contribution in [3.63, 3.8) is 0 Å². The number of carboxylic acid groups (broad SMARTS) is 1. The number of aliphatic carboxylic acids is 1. The molecule has 0 aromatic carbocycles. The van der Waals surface area contributed by atoms with Crippen LogP contribution in [0.25, 0.3) is 0 Å². The number of rotatable bonds is 42. The number of hydrogen-bond donors (Lipinski definition) is 3. The lowest BCUT2D eigenvalue weighted by Gasteiger charge is -2.20. The van der Waals surface area contributed by atoms with Crippen LogP contribution < -0.4 is 5.73 Å². The molecule has 1 unspecified atom stereocenters. The van der Waals surface area contributed by atoms with Gasteiger partial charge in [0.05, 0.1) is 13.2 Å². The maximum atomic E-state index is 12.6. The average Bonchev–Trinajstić information content (AvgIpc) is 3.19. The molecule has 0 saturated heterocycles. The first-order valence-corrected chi connectivity index (χ1v) is 24.0. The summed E-state index contributed by atoms with van der Waals surface area (Å²) in [6.07, 6.45) is 43.5. The number of phosphoric ester groups is 1. The third kappa shape index (κ3) is 40.3. The summed E-state index contributed by atoms with van der Waals surface area (Å²) >= 11 is 0. The van der Waals surface area contributed by atoms with Crippen LogP contribution in [0, 0.1) is 0 Å². The zero-order valence-corrected chi connectivity index (χ0v) is 36.8. The third-order valence-corrected chi connectivity index (χ3v) is 10.6. The smallest absolute Gasteiger partial charge is 0.472 e. The van der Waals surface area contributed by atoms with Gasteiger partial charge in [-0.25, -0.2) is 4.57 Å². The first-order valence-electron chi connectivity index (χ1n) is 22.5. The van der Waals surface area contributed by atoms with E-state index in [2.05, 4.69) is 54.8 Å². The Morgan fingerprint density at radius 1 is 0.544 bits per heavy atom. The highest BCUT2D eigenvalue weighted by molar-refractivity contribution is 7.47. The number of carboxylic acids is 1. The lowest BCUT2D eigenvalue weighted by molar-refractivity contribution is -0.161. The average molecular weight is 828 g/mol. The van der Waals surface area contributed by atoms with Crippen LogP contribution in [0.1, 0.15) is 200 Å². The maximum Gasteiger partial charge on any atom is 0.472 e. The second-order valence-corrected chi connectivity index (χ2v) is 16.6. The van der Waals surface area contributed by atoms with E-state index < -0.39 is 51.1 Å². The van der Waals surface area contributed by atoms with Crippen molar-refractivity contribution in [3.8, 4) is 0 Å². The first kappa shape index (κ1) is 54.7. The fraction of sp³-hybridized carbons (Fsp3) is 0.800. The molecule has 332 valence electrons. The Labute approximate surface area is 346 Å². The second-order valence-electron chi connectivity index (χ2n) is 15.2. The number of ether oxygens (including phenoxy) is 2. The number of esters is 2. The molecule has 0 amide bonds. The molecule has 0 aromatic heterocycles. The van der Waals surface area contributed by atoms with Crippen molar-refractivity contribution in [2.45, 2.75) is 212 Å². The monoisotopic (exact) mass is 828 g/mol. The van der Waals surface area contributed by atoms with Gasteiger partial charge in [-0.2, -0.15) is 0 Å². The van der Waals surface area contributed by atoms with Gasteiger partial charge in [0.2, 0.25) is 0 Å². The van der Waals surface area contributed by atoms with Crippen molar-refractivity contribution in [1.82, 2.24) is 0 Å². The van der Waals surface area contributed by atoms with Gasteiger partial charge in [-0.05, 0) is 51.4 Å². The molecule has 12 heteroatoms. The summed E-state index contributed by atoms with van der Waals surface area (Å²) in [6.45, 7) is 2.75. The summed E-state index contributed by atoms with van der Waals surface area (Å²) in [7, 11) is -4.72. The highest BCUT2D eigenvalue weighted by Gasteiger charge is 2.28. The molecule has 57 heavy (non-hydrogen) atoms. The normalized spacial score (nSPS) is 14.0. The van der Waals surface area contributed by atoms with Gasteiger partial charge in [0.1, 0.15) is 12.6 Å². The molecule has 0 heterocycles. The molecule has 0 aromatic rings. The van der Waals surface area contributed by atoms with Crippen LogP contribution in [0.2, 0.25) is 0 Å². The van der Waals surface area contributed by atoms with Crippen molar-refractivity contribution in [1.29, 1.82) is 0 Å². The van der Waals surface area contributed by atoms with Crippen molar-refractivity contribution >= 4 is 25.7 Å². The van der Waals surface area contributed by atoms with E-state index in [-0.39, 0.29) is 19.4 Å². The van der Waals surface area contributed by atoms with Crippen LogP contribution >= 0.6 is 7.82 Å². The number of unbranched alkanes of at least 4 members (excludes halogenated alkanes) is 22. The predicted molar refractivity (Wildman–Crippen MR) is 231 cm³/mol. The summed E-state index contributed by atoms with van der Waals surface area (Å²) in [4.78, 5) is 46.0. The molecular formula is C45H82NO10P. The van der Waals surface area contributed by atoms with Gasteiger partial charge in [-0.1, -0.05) is 172 Å². The van der Waals surface area contributed by atoms with Crippen LogP contribution in [0.5, 0.6) is 0 Å². The highest BCUT2D eigenvalue weighted by Crippen LogP contribution is 2.43. The number of carbonyl (C=O) groups excluding carboxylic acids is 2. The maximum absolute atomic E-state index is 12.6. The summed E-state index contributed by atoms with van der Waals surface area (Å²) in [5, 5.41) is 8.89. The Hall–Kier alpha value is -2.30. The van der Waals surface area contributed by atoms with E-state index in [0.29, 0.717) is 12.8 Å². The standard InChI is InChI=1S/C45H82NO10P/c1-3-5-7-9-11-13-15-17-19-20-21-23-25-27-29-31-33-35-37-44(48)56-41(39-54-57(51,52)55-40-42(46)45(49)50)38-53-43(47)36-34-32-30-28-26-24-22-18-16-14-12-10-8-6-4-2/h12,14,18,22,26,28,41-42H,3-11,13,15-17,19-21,23-25,27,29-40,46H2,1-2H3,(H,49,50)(H,51,52)/b14-12-,22-18-,28-26-/t41-,42+/m1/s1. The van der Waals surface area contributed by atoms with Gasteiger partial charge in [-0.3, -0.25) is 23.4 Å². The highest BCUT2D eigenvalue weighted by atomic mass is 31.2. The van der Waals surface area contributed by atoms with Gasteiger partial charge >= 0.3 is 25.7 Å². The number of phosphoric acid groups is 1. The quantitative estimate of drug-likeness (QED) is 0.0231. The van der Waals surface area contributed by atoms with Crippen molar-refractivity contribution in [3.05, 3.63) is 36.5 Å². The number of hydrogen-bond acceptors (Lipinski definition) is 9. The number of nitrogens with two attached hydrogens (primary N) is 1. The molecule has 0 rings (SSSR count). The zero-order valence-electron chi connectivity index (χ0n) is 35.9. The van der Waals surface area contributed by atoms with Crippen LogP contribution in [0.4, 0.5) is 0 Å². The van der Waals surface area contributed by atoms with Crippen LogP contribution in [0.3, 0.4) is 0 Å². The van der Waals surface area contributed by atoms with Gasteiger partial charge in [0.25, 0.3) is 0 Å². The molecule has 0 aliphatic rings. The summed E-state index contributed by atoms with van der Waals surface area (Å²) in [6, 6.07) is -1.53. The van der Waals surface area contributed by atoms with Gasteiger partial charge < -0.3 is 25.2 Å². The van der Waals surface area contributed by atoms with Crippen LogP contribution in [0.15, 0.2) is 36.5 Å². The van der Waals surface area contributed by atoms with Gasteiger partial charge in [0, 0.05) is 12.8 Å². The van der Waals surface area contributed by atoms with E-state index >= 15 is 0 Å². The Kier molecular flexibility index (Phi) is 38.8. The molecule has 4 N–H and O–H groups in total. The third-order valence-electron chi connectivity index (χ3n) is 9.64. The minimum atomic E-state index is -4.72. The van der Waals surface area contributed by atoms with Crippen LogP contribution in [-0.4, -0.2) is 59.9 Å². The number of allylic oxidation sites excluding steroid dienone is 6. The molecule has 0 fully saturated rings. The Balaban J connectivity index is 4.37. The molecule has 0 bridgehead atoms. The van der Waals surface area contributed by atoms with E-state index in [1.165, 1.54) is 109 Å². The van der Waals surface area contributed by atoms with E-state index in [1.807, 2.05) is 0 Å². The first-order chi connectivity index (χ1) is 27.6. The summed E-state index contributed by atoms with van der Waals surface area (Å²) in [5.41, 5.74) is 5.33. The molecule has 3 atom stereocenters. The molecule has 0 radical (unpaired) electrons. The molecule has 0 saturated carbocycles. The molecule has 0 spiro atoms. The van der Waals surface area contributed by atoms with Crippen molar-refractivity contribution < 1.29 is 47.5 Å². The fourth-order valence-corrected chi connectivity index (χ4v) is 6.85. The number of carbonyl (C=O) groups is 3. The van der Waals surface area contributed by atoms with Gasteiger partial charge in [-0.15, -0.1) is 0 Å². The minimum absolute atomic E-state index is 0.156. The van der Waals surface area contributed by atoms with E-state index in [0.717, 1.165) is 51.4 Å². The summed E-state index contributed by atoms with van der Waals surface area (Å²) < 4.78 is 32.7. The van der Waals surface area contributed by atoms with E-state index in [4.69, 9.17) is 24.8 Å². The fourth-order valence-electron chi connectivity index (χ4n) is 6.07. The van der Waals surface area contributed by atoms with E-state index in [9.17, 15) is 23.8 Å². The van der Waals surface area contributed by atoms with Crippen LogP contribution in [-0.2, 0) is 37.5 Å². The Morgan fingerprint density at radius 3 is 1.42 bits per heavy atom. The SMILES string of the molecule is CCCCC/C=C\C/C=C\C/C=C\CCCCC(=O)OC[C@H](COP(=O)(O)OC[C@H](N)C(=O)O)OC(=O)CCCCCCCCCCCCCCCCCCCC. The Morgan fingerprint density at radius 2 is 0.930 bits per heavy atom. The largest absolute Gasteiger partial charge is 0.480 e. The molecule has 11 nitrogen and oxygen atoms in total. The molecule has 0 aliphatic heterocycles. The van der Waals surface area contributed by atoms with E-state index in [1.54, 1.807) is 0 Å². The van der Waals surface area contributed by atoms with Gasteiger partial charge in [0.15, 0.2) is 6.10 Å². The van der Waals surface area contributed by atoms with Crippen molar-refractivity contribution in [2.75, 3.05) is 19.8 Å². The lowest BCUT2D eigenvalue weighted by atomic mass is 10.0. The zero-order chi connectivity index (χ0) is 42.1. The molecule has 0 aliphatic carbocycles. The minimum Gasteiger partial charge on any atom is -0.480 e. The second kappa shape index (κ2) is 40.5. The predicted octanol–water partition coefficient (Wildman–Crippen LogP) is 12.0. The lowest BCUT2D eigenvalue weighted by Crippen LogP contribution is -2.34. The topological polar surface area (TPSA) is 172 Å². The molecular weight excluding hydrogens is 745 g/mol.